The molecule has 2 aromatic rings. The van der Waals surface area contributed by atoms with Crippen LogP contribution in [0.3, 0.4) is 0 Å². The molecule has 0 saturated carbocycles. The number of benzene rings is 2. The van der Waals surface area contributed by atoms with Crippen molar-refractivity contribution in [2.24, 2.45) is 0 Å². The molecule has 0 aromatic heterocycles. The first-order valence-electron chi connectivity index (χ1n) is 7.86. The van der Waals surface area contributed by atoms with Gasteiger partial charge >= 0.3 is 0 Å². The number of nitrogens with one attached hydrogen (secondary N) is 1. The maximum atomic E-state index is 12.2. The number of hydrogen-bond acceptors (Lipinski definition) is 4. The van der Waals surface area contributed by atoms with Crippen LogP contribution in [0.5, 0.6) is 0 Å². The van der Waals surface area contributed by atoms with Crippen LogP contribution in [0, 0.1) is 17.0 Å². The zero-order valence-corrected chi connectivity index (χ0v) is 13.9. The number of nitrogens with zero attached hydrogens (tertiary/aromatic N) is 2. The van der Waals surface area contributed by atoms with E-state index in [4.69, 9.17) is 0 Å². The number of aryl methyl sites for hydroxylation is 1. The number of anilines is 1. The van der Waals surface area contributed by atoms with E-state index < -0.39 is 10.8 Å². The van der Waals surface area contributed by atoms with Crippen LogP contribution in [0.25, 0.3) is 0 Å². The van der Waals surface area contributed by atoms with E-state index >= 15 is 0 Å². The SMILES string of the molecule is CCN(CCNC(=O)c1ccccc1[N+](=O)[O-])c1cccc(C)c1. The molecule has 2 aromatic carbocycles. The molecule has 0 unspecified atom stereocenters. The minimum Gasteiger partial charge on any atom is -0.370 e. The summed E-state index contributed by atoms with van der Waals surface area (Å²) >= 11 is 0. The summed E-state index contributed by atoms with van der Waals surface area (Å²) in [7, 11) is 0. The largest absolute Gasteiger partial charge is 0.370 e. The molecule has 6 heteroatoms. The normalized spacial score (nSPS) is 10.2. The first kappa shape index (κ1) is 17.5. The number of likely N-dealkylation sites (N-methyl/N-ethyl adjacent to an activating group) is 1. The van der Waals surface area contributed by atoms with Crippen molar-refractivity contribution in [3.63, 3.8) is 0 Å². The average Bonchev–Trinajstić information content (AvgIpc) is 2.58. The topological polar surface area (TPSA) is 75.5 Å². The maximum absolute atomic E-state index is 12.2. The first-order chi connectivity index (χ1) is 11.5. The molecule has 0 aliphatic carbocycles. The second kappa shape index (κ2) is 8.10. The van der Waals surface area contributed by atoms with E-state index in [9.17, 15) is 14.9 Å². The van der Waals surface area contributed by atoms with E-state index in [1.165, 1.54) is 17.7 Å². The minimum atomic E-state index is -0.542. The van der Waals surface area contributed by atoms with Gasteiger partial charge in [-0.05, 0) is 37.6 Å². The Balaban J connectivity index is 1.98. The third-order valence-electron chi connectivity index (χ3n) is 3.76. The van der Waals surface area contributed by atoms with E-state index in [0.717, 1.165) is 12.2 Å². The number of nitro benzene ring substituents is 1. The molecule has 0 atom stereocenters. The van der Waals surface area contributed by atoms with Gasteiger partial charge in [-0.15, -0.1) is 0 Å². The van der Waals surface area contributed by atoms with Crippen molar-refractivity contribution in [3.05, 3.63) is 69.8 Å². The zero-order valence-electron chi connectivity index (χ0n) is 13.9. The smallest absolute Gasteiger partial charge is 0.282 e. The van der Waals surface area contributed by atoms with Crippen LogP contribution in [-0.4, -0.2) is 30.5 Å². The third-order valence-corrected chi connectivity index (χ3v) is 3.76. The fourth-order valence-corrected chi connectivity index (χ4v) is 2.52. The molecule has 0 aliphatic rings. The zero-order chi connectivity index (χ0) is 17.5. The summed E-state index contributed by atoms with van der Waals surface area (Å²) in [4.78, 5) is 24.8. The quantitative estimate of drug-likeness (QED) is 0.626. The van der Waals surface area contributed by atoms with Crippen molar-refractivity contribution < 1.29 is 9.72 Å². The summed E-state index contributed by atoms with van der Waals surface area (Å²) in [5.41, 5.74) is 2.18. The Hall–Kier alpha value is -2.89. The molecule has 0 aliphatic heterocycles. The Kier molecular flexibility index (Phi) is 5.89. The summed E-state index contributed by atoms with van der Waals surface area (Å²) in [6.45, 7) is 5.93. The molecule has 1 N–H and O–H groups in total. The summed E-state index contributed by atoms with van der Waals surface area (Å²) in [5, 5.41) is 13.7. The fraction of sp³-hybridized carbons (Fsp3) is 0.278. The fourth-order valence-electron chi connectivity index (χ4n) is 2.52. The molecule has 0 radical (unpaired) electrons. The number of amides is 1. The van der Waals surface area contributed by atoms with Crippen molar-refractivity contribution in [2.45, 2.75) is 13.8 Å². The number of rotatable bonds is 7. The van der Waals surface area contributed by atoms with Crippen LogP contribution in [0.4, 0.5) is 11.4 Å². The highest BCUT2D eigenvalue weighted by Crippen LogP contribution is 2.17. The summed E-state index contributed by atoms with van der Waals surface area (Å²) in [5.74, 6) is -0.428. The van der Waals surface area contributed by atoms with Crippen molar-refractivity contribution in [1.29, 1.82) is 0 Å². The lowest BCUT2D eigenvalue weighted by Gasteiger charge is -2.23. The predicted octanol–water partition coefficient (Wildman–Crippen LogP) is 3.16. The molecule has 0 fully saturated rings. The maximum Gasteiger partial charge on any atom is 0.282 e. The molecule has 2 rings (SSSR count). The molecule has 0 bridgehead atoms. The Morgan fingerprint density at radius 2 is 1.96 bits per heavy atom. The van der Waals surface area contributed by atoms with Gasteiger partial charge in [0.25, 0.3) is 11.6 Å². The molecule has 6 nitrogen and oxygen atoms in total. The van der Waals surface area contributed by atoms with Gasteiger partial charge in [0.15, 0.2) is 0 Å². The summed E-state index contributed by atoms with van der Waals surface area (Å²) < 4.78 is 0. The third kappa shape index (κ3) is 4.32. The number of para-hydroxylation sites is 1. The molecule has 1 amide bonds. The van der Waals surface area contributed by atoms with Crippen LogP contribution in [0.15, 0.2) is 48.5 Å². The van der Waals surface area contributed by atoms with Crippen molar-refractivity contribution in [2.75, 3.05) is 24.5 Å². The highest BCUT2D eigenvalue weighted by molar-refractivity contribution is 5.98. The number of hydrogen-bond donors (Lipinski definition) is 1. The molecule has 24 heavy (non-hydrogen) atoms. The van der Waals surface area contributed by atoms with Crippen LogP contribution in [0.1, 0.15) is 22.8 Å². The van der Waals surface area contributed by atoms with Gasteiger partial charge in [-0.25, -0.2) is 0 Å². The van der Waals surface area contributed by atoms with E-state index in [-0.39, 0.29) is 11.3 Å². The highest BCUT2D eigenvalue weighted by atomic mass is 16.6. The van der Waals surface area contributed by atoms with Gasteiger partial charge in [-0.1, -0.05) is 24.3 Å². The van der Waals surface area contributed by atoms with Gasteiger partial charge in [0.1, 0.15) is 5.56 Å². The van der Waals surface area contributed by atoms with Gasteiger partial charge in [0, 0.05) is 31.4 Å². The van der Waals surface area contributed by atoms with E-state index in [0.29, 0.717) is 13.1 Å². The van der Waals surface area contributed by atoms with Gasteiger partial charge in [0.05, 0.1) is 4.92 Å². The average molecular weight is 327 g/mol. The second-order valence-corrected chi connectivity index (χ2v) is 5.45. The van der Waals surface area contributed by atoms with Crippen molar-refractivity contribution in [3.8, 4) is 0 Å². The Morgan fingerprint density at radius 3 is 2.62 bits per heavy atom. The number of nitro groups is 1. The first-order valence-corrected chi connectivity index (χ1v) is 7.86. The lowest BCUT2D eigenvalue weighted by molar-refractivity contribution is -0.385. The molecule has 0 spiro atoms. The van der Waals surface area contributed by atoms with Gasteiger partial charge in [0.2, 0.25) is 0 Å². The molecule has 0 saturated heterocycles. The minimum absolute atomic E-state index is 0.0844. The van der Waals surface area contributed by atoms with Crippen molar-refractivity contribution in [1.82, 2.24) is 5.32 Å². The van der Waals surface area contributed by atoms with Gasteiger partial charge in [-0.3, -0.25) is 14.9 Å². The molecule has 126 valence electrons. The van der Waals surface area contributed by atoms with Crippen LogP contribution >= 0.6 is 0 Å². The lowest BCUT2D eigenvalue weighted by Crippen LogP contribution is -2.35. The van der Waals surface area contributed by atoms with E-state index in [1.807, 2.05) is 32.0 Å². The van der Waals surface area contributed by atoms with Crippen LogP contribution in [-0.2, 0) is 0 Å². The highest BCUT2D eigenvalue weighted by Gasteiger charge is 2.18. The Bertz CT molecular complexity index is 731. The van der Waals surface area contributed by atoms with Gasteiger partial charge in [-0.2, -0.15) is 0 Å². The standard InChI is InChI=1S/C18H21N3O3/c1-3-20(15-8-6-7-14(2)13-15)12-11-19-18(22)16-9-4-5-10-17(16)21(23)24/h4-10,13H,3,11-12H2,1-2H3,(H,19,22). The molecular weight excluding hydrogens is 306 g/mol. The van der Waals surface area contributed by atoms with Gasteiger partial charge < -0.3 is 10.2 Å². The Labute approximate surface area is 141 Å². The molecular formula is C18H21N3O3. The number of carbonyl (C=O) groups is 1. The lowest BCUT2D eigenvalue weighted by atomic mass is 10.1. The van der Waals surface area contributed by atoms with E-state index in [2.05, 4.69) is 16.3 Å². The van der Waals surface area contributed by atoms with E-state index in [1.54, 1.807) is 12.1 Å². The second-order valence-electron chi connectivity index (χ2n) is 5.45. The monoisotopic (exact) mass is 327 g/mol. The van der Waals surface area contributed by atoms with Crippen LogP contribution < -0.4 is 10.2 Å². The molecule has 0 heterocycles. The summed E-state index contributed by atoms with van der Waals surface area (Å²) in [6.07, 6.45) is 0. The van der Waals surface area contributed by atoms with Crippen molar-refractivity contribution >= 4 is 17.3 Å². The summed E-state index contributed by atoms with van der Waals surface area (Å²) in [6, 6.07) is 14.1. The Morgan fingerprint density at radius 1 is 1.21 bits per heavy atom. The predicted molar refractivity (Wildman–Crippen MR) is 94.5 cm³/mol. The van der Waals surface area contributed by atoms with Crippen LogP contribution in [0.2, 0.25) is 0 Å². The number of carbonyl (C=O) groups excluding carboxylic acids is 1.